The molecule has 0 saturated carbocycles. The van der Waals surface area contributed by atoms with Crippen LogP contribution in [0, 0.1) is 6.92 Å². The molecule has 2 aromatic carbocycles. The molecule has 1 N–H and O–H groups in total. The number of amides is 1. The summed E-state index contributed by atoms with van der Waals surface area (Å²) < 4.78 is 1.59. The van der Waals surface area contributed by atoms with Gasteiger partial charge in [0.05, 0.1) is 17.9 Å². The molecule has 0 spiro atoms. The Morgan fingerprint density at radius 1 is 1.22 bits per heavy atom. The maximum Gasteiger partial charge on any atom is 0.243 e. The van der Waals surface area contributed by atoms with Gasteiger partial charge in [-0.25, -0.2) is 9.67 Å². The van der Waals surface area contributed by atoms with Crippen molar-refractivity contribution < 1.29 is 4.79 Å². The van der Waals surface area contributed by atoms with E-state index in [0.29, 0.717) is 16.4 Å². The first-order valence-electron chi connectivity index (χ1n) is 8.72. The largest absolute Gasteiger partial charge is 0.360 e. The van der Waals surface area contributed by atoms with Crippen LogP contribution in [0.4, 0.5) is 11.4 Å². The molecule has 7 heteroatoms. The fourth-order valence-corrected chi connectivity index (χ4v) is 2.97. The highest BCUT2D eigenvalue weighted by Crippen LogP contribution is 2.24. The second-order valence-corrected chi connectivity index (χ2v) is 7.04. The summed E-state index contributed by atoms with van der Waals surface area (Å²) in [7, 11) is 0. The fraction of sp³-hybridized carbons (Fsp3) is 0.250. The van der Waals surface area contributed by atoms with Gasteiger partial charge in [0.1, 0.15) is 12.7 Å². The van der Waals surface area contributed by atoms with Crippen LogP contribution in [0.15, 0.2) is 55.1 Å². The zero-order valence-electron chi connectivity index (χ0n) is 15.6. The molecule has 6 nitrogen and oxygen atoms in total. The lowest BCUT2D eigenvalue weighted by Crippen LogP contribution is -2.38. The van der Waals surface area contributed by atoms with E-state index in [4.69, 9.17) is 11.6 Å². The van der Waals surface area contributed by atoms with Crippen molar-refractivity contribution in [2.75, 3.05) is 16.8 Å². The quantitative estimate of drug-likeness (QED) is 0.696. The second kappa shape index (κ2) is 8.22. The van der Waals surface area contributed by atoms with Crippen LogP contribution in [0.25, 0.3) is 5.69 Å². The van der Waals surface area contributed by atoms with Crippen molar-refractivity contribution >= 4 is 28.9 Å². The van der Waals surface area contributed by atoms with Gasteiger partial charge in [-0.05, 0) is 51.1 Å². The molecule has 0 unspecified atom stereocenters. The number of nitrogens with one attached hydrogen (secondary N) is 1. The van der Waals surface area contributed by atoms with Crippen LogP contribution in [-0.2, 0) is 4.79 Å². The van der Waals surface area contributed by atoms with E-state index in [1.807, 2.05) is 31.2 Å². The van der Waals surface area contributed by atoms with Crippen LogP contribution in [0.5, 0.6) is 0 Å². The highest BCUT2D eigenvalue weighted by molar-refractivity contribution is 6.31. The molecule has 3 aromatic rings. The number of benzene rings is 2. The number of anilines is 2. The standard InChI is InChI=1S/C20H22ClN5O/c1-14(2)25(17-7-4-15(3)5-8-17)11-20(27)24-18-10-16(21)6-9-19(18)26-13-22-12-23-26/h4-10,12-14H,11H2,1-3H3,(H,24,27). The Kier molecular flexibility index (Phi) is 5.76. The van der Waals surface area contributed by atoms with E-state index in [1.165, 1.54) is 11.9 Å². The average molecular weight is 384 g/mol. The minimum Gasteiger partial charge on any atom is -0.360 e. The lowest BCUT2D eigenvalue weighted by atomic mass is 10.2. The number of nitrogens with zero attached hydrogens (tertiary/aromatic N) is 4. The van der Waals surface area contributed by atoms with Gasteiger partial charge in [-0.2, -0.15) is 5.10 Å². The third-order valence-corrected chi connectivity index (χ3v) is 4.44. The van der Waals surface area contributed by atoms with Gasteiger partial charge < -0.3 is 10.2 Å². The molecular formula is C20H22ClN5O. The number of carbonyl (C=O) groups is 1. The summed E-state index contributed by atoms with van der Waals surface area (Å²) in [6, 6.07) is 13.6. The van der Waals surface area contributed by atoms with Gasteiger partial charge in [0.2, 0.25) is 5.91 Å². The highest BCUT2D eigenvalue weighted by atomic mass is 35.5. The Labute approximate surface area is 163 Å². The summed E-state index contributed by atoms with van der Waals surface area (Å²) in [5.74, 6) is -0.132. The van der Waals surface area contributed by atoms with Crippen molar-refractivity contribution in [1.29, 1.82) is 0 Å². The van der Waals surface area contributed by atoms with E-state index in [0.717, 1.165) is 5.69 Å². The topological polar surface area (TPSA) is 63.1 Å². The molecule has 1 amide bonds. The first-order valence-corrected chi connectivity index (χ1v) is 9.09. The lowest BCUT2D eigenvalue weighted by Gasteiger charge is -2.28. The summed E-state index contributed by atoms with van der Waals surface area (Å²) in [4.78, 5) is 18.8. The predicted molar refractivity (Wildman–Crippen MR) is 109 cm³/mol. The van der Waals surface area contributed by atoms with E-state index in [2.05, 4.69) is 34.1 Å². The van der Waals surface area contributed by atoms with Gasteiger partial charge in [0.25, 0.3) is 0 Å². The number of aromatic nitrogens is 3. The maximum absolute atomic E-state index is 12.8. The number of aryl methyl sites for hydroxylation is 1. The van der Waals surface area contributed by atoms with E-state index in [9.17, 15) is 4.79 Å². The molecule has 0 aliphatic heterocycles. The Morgan fingerprint density at radius 2 is 1.96 bits per heavy atom. The molecule has 140 valence electrons. The summed E-state index contributed by atoms with van der Waals surface area (Å²) in [5, 5.41) is 7.62. The smallest absolute Gasteiger partial charge is 0.243 e. The molecular weight excluding hydrogens is 362 g/mol. The first-order chi connectivity index (χ1) is 12.9. The normalized spacial score (nSPS) is 10.9. The van der Waals surface area contributed by atoms with Crippen LogP contribution >= 0.6 is 11.6 Å². The van der Waals surface area contributed by atoms with Crippen molar-refractivity contribution in [2.24, 2.45) is 0 Å². The molecule has 0 aliphatic carbocycles. The van der Waals surface area contributed by atoms with Crippen molar-refractivity contribution in [1.82, 2.24) is 14.8 Å². The van der Waals surface area contributed by atoms with Crippen LogP contribution in [-0.4, -0.2) is 33.3 Å². The van der Waals surface area contributed by atoms with Gasteiger partial charge in [-0.1, -0.05) is 29.3 Å². The lowest BCUT2D eigenvalue weighted by molar-refractivity contribution is -0.115. The molecule has 1 heterocycles. The molecule has 1 aromatic heterocycles. The average Bonchev–Trinajstić information content (AvgIpc) is 3.15. The third kappa shape index (κ3) is 4.65. The zero-order chi connectivity index (χ0) is 19.4. The van der Waals surface area contributed by atoms with Crippen LogP contribution in [0.1, 0.15) is 19.4 Å². The van der Waals surface area contributed by atoms with Crippen molar-refractivity contribution in [3.05, 3.63) is 65.7 Å². The van der Waals surface area contributed by atoms with Crippen molar-refractivity contribution in [3.8, 4) is 5.69 Å². The Bertz CT molecular complexity index is 907. The van der Waals surface area contributed by atoms with Crippen LogP contribution < -0.4 is 10.2 Å². The third-order valence-electron chi connectivity index (χ3n) is 4.20. The Balaban J connectivity index is 1.80. The van der Waals surface area contributed by atoms with Gasteiger partial charge in [-0.3, -0.25) is 4.79 Å². The van der Waals surface area contributed by atoms with Crippen LogP contribution in [0.3, 0.4) is 0 Å². The molecule has 27 heavy (non-hydrogen) atoms. The monoisotopic (exact) mass is 383 g/mol. The predicted octanol–water partition coefficient (Wildman–Crippen LogP) is 4.08. The molecule has 0 fully saturated rings. The number of rotatable bonds is 6. The zero-order valence-corrected chi connectivity index (χ0v) is 16.3. The van der Waals surface area contributed by atoms with Crippen molar-refractivity contribution in [2.45, 2.75) is 26.8 Å². The minimum absolute atomic E-state index is 0.132. The molecule has 0 aliphatic rings. The Morgan fingerprint density at radius 3 is 2.59 bits per heavy atom. The summed E-state index contributed by atoms with van der Waals surface area (Å²) in [6.45, 7) is 6.39. The van der Waals surface area contributed by atoms with E-state index < -0.39 is 0 Å². The molecule has 0 atom stereocenters. The van der Waals surface area contributed by atoms with Gasteiger partial charge in [-0.15, -0.1) is 0 Å². The number of carbonyl (C=O) groups excluding carboxylic acids is 1. The molecule has 3 rings (SSSR count). The van der Waals surface area contributed by atoms with Gasteiger partial charge in [0, 0.05) is 16.8 Å². The molecule has 0 radical (unpaired) electrons. The Hall–Kier alpha value is -2.86. The van der Waals surface area contributed by atoms with Crippen LogP contribution in [0.2, 0.25) is 5.02 Å². The van der Waals surface area contributed by atoms with Crippen molar-refractivity contribution in [3.63, 3.8) is 0 Å². The molecule has 0 bridgehead atoms. The number of hydrogen-bond acceptors (Lipinski definition) is 4. The summed E-state index contributed by atoms with van der Waals surface area (Å²) in [6.07, 6.45) is 3.02. The number of halogens is 1. The summed E-state index contributed by atoms with van der Waals surface area (Å²) >= 11 is 6.12. The van der Waals surface area contributed by atoms with Gasteiger partial charge in [0.15, 0.2) is 0 Å². The van der Waals surface area contributed by atoms with E-state index >= 15 is 0 Å². The first kappa shape index (κ1) is 18.9. The van der Waals surface area contributed by atoms with E-state index in [-0.39, 0.29) is 18.5 Å². The minimum atomic E-state index is -0.132. The SMILES string of the molecule is Cc1ccc(N(CC(=O)Nc2cc(Cl)ccc2-n2cncn2)C(C)C)cc1. The van der Waals surface area contributed by atoms with Gasteiger partial charge >= 0.3 is 0 Å². The maximum atomic E-state index is 12.8. The summed E-state index contributed by atoms with van der Waals surface area (Å²) in [5.41, 5.74) is 3.49. The number of hydrogen-bond donors (Lipinski definition) is 1. The second-order valence-electron chi connectivity index (χ2n) is 6.61. The fourth-order valence-electron chi connectivity index (χ4n) is 2.79. The van der Waals surface area contributed by atoms with E-state index in [1.54, 1.807) is 29.2 Å². The molecule has 0 saturated heterocycles. The highest BCUT2D eigenvalue weighted by Gasteiger charge is 2.17.